The lowest BCUT2D eigenvalue weighted by atomic mass is 9.53. The summed E-state index contributed by atoms with van der Waals surface area (Å²) in [5.74, 6) is 1.84. The monoisotopic (exact) mass is 386 g/mol. The van der Waals surface area contributed by atoms with Crippen molar-refractivity contribution in [2.24, 2.45) is 17.8 Å². The highest BCUT2D eigenvalue weighted by molar-refractivity contribution is 7.99. The van der Waals surface area contributed by atoms with E-state index >= 15 is 0 Å². The van der Waals surface area contributed by atoms with Crippen LogP contribution in [0, 0.1) is 29.1 Å². The van der Waals surface area contributed by atoms with Crippen LogP contribution in [0.15, 0.2) is 11.4 Å². The number of urea groups is 1. The van der Waals surface area contributed by atoms with E-state index in [2.05, 4.69) is 20.6 Å². The third-order valence-electron chi connectivity index (χ3n) is 5.92. The first-order valence-corrected chi connectivity index (χ1v) is 10.2. The smallest absolute Gasteiger partial charge is 0.321 e. The molecule has 0 radical (unpaired) electrons. The number of carbonyl (C=O) groups excluding carboxylic acids is 2. The van der Waals surface area contributed by atoms with Crippen molar-refractivity contribution in [3.05, 3.63) is 11.8 Å². The van der Waals surface area contributed by atoms with E-state index in [0.29, 0.717) is 5.16 Å². The van der Waals surface area contributed by atoms with Crippen molar-refractivity contribution < 1.29 is 9.59 Å². The van der Waals surface area contributed by atoms with Crippen LogP contribution in [0.5, 0.6) is 0 Å². The second kappa shape index (κ2) is 7.00. The number of thioether (sulfide) groups is 1. The summed E-state index contributed by atoms with van der Waals surface area (Å²) >= 11 is 1.07. The highest BCUT2D eigenvalue weighted by Crippen LogP contribution is 2.55. The molecule has 4 bridgehead atoms. The van der Waals surface area contributed by atoms with Crippen LogP contribution in [0.3, 0.4) is 0 Å². The van der Waals surface area contributed by atoms with Gasteiger partial charge in [0.25, 0.3) is 0 Å². The summed E-state index contributed by atoms with van der Waals surface area (Å²) in [5.41, 5.74) is 5.70. The van der Waals surface area contributed by atoms with E-state index in [1.807, 2.05) is 6.07 Å². The number of anilines is 1. The maximum Gasteiger partial charge on any atom is 0.321 e. The van der Waals surface area contributed by atoms with Crippen molar-refractivity contribution in [1.82, 2.24) is 20.6 Å². The number of nitrogens with one attached hydrogen (secondary N) is 2. The van der Waals surface area contributed by atoms with E-state index in [1.54, 1.807) is 0 Å². The average molecular weight is 386 g/mol. The van der Waals surface area contributed by atoms with Crippen LogP contribution in [-0.2, 0) is 4.79 Å². The molecule has 0 atom stereocenters. The maximum absolute atomic E-state index is 12.3. The Hall–Kier alpha value is -2.34. The number of nitrogens with zero attached hydrogens (tertiary/aromatic N) is 3. The first-order chi connectivity index (χ1) is 12.9. The summed E-state index contributed by atoms with van der Waals surface area (Å²) in [6.07, 6.45) is 8.32. The largest absolute Gasteiger partial charge is 0.382 e. The summed E-state index contributed by atoms with van der Waals surface area (Å²) < 4.78 is 0. The molecule has 3 amide bonds. The second-order valence-corrected chi connectivity index (χ2v) is 8.99. The quantitative estimate of drug-likeness (QED) is 0.531. The van der Waals surface area contributed by atoms with Crippen molar-refractivity contribution in [1.29, 1.82) is 5.26 Å². The number of hydrogen-bond acceptors (Lipinski definition) is 7. The zero-order chi connectivity index (χ0) is 19.0. The van der Waals surface area contributed by atoms with Gasteiger partial charge in [0.2, 0.25) is 5.91 Å². The number of nitrogen functional groups attached to an aromatic ring is 1. The number of aromatic nitrogens is 2. The Balaban J connectivity index is 1.28. The number of amides is 3. The van der Waals surface area contributed by atoms with Crippen LogP contribution in [0.25, 0.3) is 0 Å². The van der Waals surface area contributed by atoms with Gasteiger partial charge in [-0.2, -0.15) is 5.26 Å². The van der Waals surface area contributed by atoms with Gasteiger partial charge >= 0.3 is 6.03 Å². The molecule has 0 unspecified atom stereocenters. The summed E-state index contributed by atoms with van der Waals surface area (Å²) in [4.78, 5) is 32.4. The topological polar surface area (TPSA) is 134 Å². The summed E-state index contributed by atoms with van der Waals surface area (Å²) in [6.45, 7) is 0. The fourth-order valence-corrected chi connectivity index (χ4v) is 5.98. The molecule has 5 rings (SSSR count). The molecule has 1 heterocycles. The first-order valence-electron chi connectivity index (χ1n) is 9.22. The van der Waals surface area contributed by atoms with E-state index in [1.165, 1.54) is 25.5 Å². The van der Waals surface area contributed by atoms with E-state index in [4.69, 9.17) is 11.0 Å². The minimum absolute atomic E-state index is 0.000362. The van der Waals surface area contributed by atoms with Crippen LogP contribution in [0.4, 0.5) is 10.6 Å². The molecular weight excluding hydrogens is 364 g/mol. The Labute approximate surface area is 161 Å². The van der Waals surface area contributed by atoms with Gasteiger partial charge in [0.15, 0.2) is 5.16 Å². The van der Waals surface area contributed by atoms with E-state index in [-0.39, 0.29) is 22.7 Å². The molecule has 9 heteroatoms. The molecule has 4 N–H and O–H groups in total. The van der Waals surface area contributed by atoms with Crippen LogP contribution >= 0.6 is 11.8 Å². The summed E-state index contributed by atoms with van der Waals surface area (Å²) in [5, 5.41) is 14.6. The molecule has 0 aromatic carbocycles. The Morgan fingerprint density at radius 2 is 1.89 bits per heavy atom. The molecule has 27 heavy (non-hydrogen) atoms. The minimum Gasteiger partial charge on any atom is -0.382 e. The number of nitrogens with two attached hydrogens (primary N) is 1. The van der Waals surface area contributed by atoms with Gasteiger partial charge in [0.05, 0.1) is 11.9 Å². The first kappa shape index (κ1) is 18.0. The molecule has 1 aromatic rings. The molecule has 8 nitrogen and oxygen atoms in total. The normalized spacial score (nSPS) is 30.6. The molecule has 142 valence electrons. The van der Waals surface area contributed by atoms with Crippen molar-refractivity contribution in [2.45, 2.75) is 49.2 Å². The third-order valence-corrected chi connectivity index (χ3v) is 6.78. The average Bonchev–Trinajstić information content (AvgIpc) is 2.58. The summed E-state index contributed by atoms with van der Waals surface area (Å²) in [6, 6.07) is 1.47. The van der Waals surface area contributed by atoms with Gasteiger partial charge in [-0.15, -0.1) is 0 Å². The molecular formula is C18H22N6O2S. The van der Waals surface area contributed by atoms with Gasteiger partial charge in [0, 0.05) is 5.54 Å². The lowest BCUT2D eigenvalue weighted by Gasteiger charge is -2.56. The van der Waals surface area contributed by atoms with Crippen LogP contribution in [0.2, 0.25) is 0 Å². The standard InChI is InChI=1S/C18H22N6O2S/c19-7-13-8-21-17(23-15(13)20)27-9-14(25)22-16(26)24-18-4-10-1-11(5-18)3-12(2-10)6-18/h8,10-12H,1-6,9H2,(H2,20,21,23)(H2,22,24,25,26). The van der Waals surface area contributed by atoms with E-state index in [9.17, 15) is 9.59 Å². The number of imide groups is 1. The lowest BCUT2D eigenvalue weighted by molar-refractivity contribution is -0.117. The third kappa shape index (κ3) is 3.86. The molecule has 0 spiro atoms. The number of nitriles is 1. The van der Waals surface area contributed by atoms with Crippen molar-refractivity contribution >= 4 is 29.5 Å². The molecule has 0 aliphatic heterocycles. The van der Waals surface area contributed by atoms with Gasteiger partial charge in [-0.1, -0.05) is 11.8 Å². The van der Waals surface area contributed by atoms with Gasteiger partial charge in [-0.05, 0) is 56.3 Å². The van der Waals surface area contributed by atoms with Gasteiger partial charge in [0.1, 0.15) is 17.5 Å². The molecule has 4 aliphatic rings. The Morgan fingerprint density at radius 3 is 2.44 bits per heavy atom. The SMILES string of the molecule is N#Cc1cnc(SCC(=O)NC(=O)NC23CC4CC(CC(C4)C2)C3)nc1N. The zero-order valence-corrected chi connectivity index (χ0v) is 15.7. The predicted molar refractivity (Wildman–Crippen MR) is 99.5 cm³/mol. The van der Waals surface area contributed by atoms with Crippen molar-refractivity contribution in [3.8, 4) is 6.07 Å². The van der Waals surface area contributed by atoms with Gasteiger partial charge in [-0.25, -0.2) is 14.8 Å². The summed E-state index contributed by atoms with van der Waals surface area (Å²) in [7, 11) is 0. The minimum atomic E-state index is -0.414. The fourth-order valence-electron chi connectivity index (χ4n) is 5.36. The molecule has 4 aliphatic carbocycles. The van der Waals surface area contributed by atoms with Crippen LogP contribution in [-0.4, -0.2) is 33.2 Å². The van der Waals surface area contributed by atoms with Crippen molar-refractivity contribution in [2.75, 3.05) is 11.5 Å². The fraction of sp³-hybridized carbons (Fsp3) is 0.611. The highest BCUT2D eigenvalue weighted by Gasteiger charge is 2.51. The number of carbonyl (C=O) groups is 2. The number of hydrogen-bond donors (Lipinski definition) is 3. The predicted octanol–water partition coefficient (Wildman–Crippen LogP) is 1.82. The highest BCUT2D eigenvalue weighted by atomic mass is 32.2. The van der Waals surface area contributed by atoms with Gasteiger partial charge < -0.3 is 11.1 Å². The maximum atomic E-state index is 12.3. The second-order valence-electron chi connectivity index (χ2n) is 8.05. The van der Waals surface area contributed by atoms with Crippen LogP contribution in [0.1, 0.15) is 44.1 Å². The Morgan fingerprint density at radius 1 is 1.26 bits per heavy atom. The molecule has 4 fully saturated rings. The van der Waals surface area contributed by atoms with Crippen molar-refractivity contribution in [3.63, 3.8) is 0 Å². The van der Waals surface area contributed by atoms with Gasteiger partial charge in [-0.3, -0.25) is 10.1 Å². The molecule has 4 saturated carbocycles. The van der Waals surface area contributed by atoms with E-state index < -0.39 is 11.9 Å². The van der Waals surface area contributed by atoms with Crippen LogP contribution < -0.4 is 16.4 Å². The molecule has 0 saturated heterocycles. The zero-order valence-electron chi connectivity index (χ0n) is 14.9. The van der Waals surface area contributed by atoms with E-state index in [0.717, 1.165) is 48.8 Å². The lowest BCUT2D eigenvalue weighted by Crippen LogP contribution is -2.61. The Bertz CT molecular complexity index is 785. The molecule has 1 aromatic heterocycles. The Kier molecular flexibility index (Phi) is 4.68. The number of rotatable bonds is 4.